The molecule has 1 saturated carbocycles. The first-order valence-corrected chi connectivity index (χ1v) is 13.7. The molecule has 7 atom stereocenters. The van der Waals surface area contributed by atoms with Gasteiger partial charge >= 0.3 is 17.9 Å². The Morgan fingerprint density at radius 1 is 1.08 bits per heavy atom. The molecule has 0 spiro atoms. The molecule has 0 aromatic rings. The largest absolute Gasteiger partial charge is 0.469 e. The predicted octanol–water partition coefficient (Wildman–Crippen LogP) is 5.21. The van der Waals surface area contributed by atoms with Crippen LogP contribution in [0.2, 0.25) is 0 Å². The Morgan fingerprint density at radius 3 is 2.47 bits per heavy atom. The highest BCUT2D eigenvalue weighted by atomic mass is 16.5. The SMILES string of the molecule is COC(=O)CC[C@@H](C)[C@H]1CCN=C2C3=C(C[C@H](OC(C)=O)[C@@]21C)[C@@]1(C)CC[C@@H](OC(C)=O)C[C@H]1CC3. The molecule has 36 heavy (non-hydrogen) atoms. The van der Waals surface area contributed by atoms with Crippen molar-refractivity contribution in [2.24, 2.45) is 33.6 Å². The van der Waals surface area contributed by atoms with Crippen LogP contribution in [0.5, 0.6) is 0 Å². The molecule has 0 N–H and O–H groups in total. The average Bonchev–Trinajstić information content (AvgIpc) is 2.82. The van der Waals surface area contributed by atoms with Gasteiger partial charge in [-0.15, -0.1) is 0 Å². The second-order valence-corrected chi connectivity index (χ2v) is 11.9. The molecule has 4 aliphatic rings. The molecule has 7 nitrogen and oxygen atoms in total. The number of aliphatic imine (C=N–C) groups is 1. The molecule has 1 heterocycles. The zero-order valence-corrected chi connectivity index (χ0v) is 22.9. The predicted molar refractivity (Wildman–Crippen MR) is 136 cm³/mol. The average molecular weight is 502 g/mol. The van der Waals surface area contributed by atoms with Gasteiger partial charge in [-0.1, -0.05) is 26.3 Å². The van der Waals surface area contributed by atoms with Crippen molar-refractivity contribution < 1.29 is 28.6 Å². The van der Waals surface area contributed by atoms with Crippen LogP contribution in [0.25, 0.3) is 0 Å². The highest BCUT2D eigenvalue weighted by Gasteiger charge is 2.58. The molecule has 3 aliphatic carbocycles. The molecule has 0 radical (unpaired) electrons. The molecule has 200 valence electrons. The van der Waals surface area contributed by atoms with E-state index in [1.807, 2.05) is 0 Å². The smallest absolute Gasteiger partial charge is 0.305 e. The quantitative estimate of drug-likeness (QED) is 0.367. The van der Waals surface area contributed by atoms with Crippen LogP contribution in [0.3, 0.4) is 0 Å². The Hall–Kier alpha value is -2.18. The van der Waals surface area contributed by atoms with E-state index in [4.69, 9.17) is 19.2 Å². The van der Waals surface area contributed by atoms with Crippen molar-refractivity contribution in [2.75, 3.05) is 13.7 Å². The number of carbonyl (C=O) groups excluding carboxylic acids is 3. The molecule has 0 bridgehead atoms. The van der Waals surface area contributed by atoms with Gasteiger partial charge in [0.25, 0.3) is 0 Å². The van der Waals surface area contributed by atoms with Crippen LogP contribution in [-0.2, 0) is 28.6 Å². The molecule has 1 aliphatic heterocycles. The molecular formula is C29H43NO6. The van der Waals surface area contributed by atoms with Crippen LogP contribution >= 0.6 is 0 Å². The maximum absolute atomic E-state index is 12.3. The van der Waals surface area contributed by atoms with E-state index in [2.05, 4.69) is 20.8 Å². The van der Waals surface area contributed by atoms with Gasteiger partial charge in [0, 0.05) is 38.9 Å². The number of hydrogen-bond acceptors (Lipinski definition) is 7. The van der Waals surface area contributed by atoms with E-state index in [1.165, 1.54) is 32.1 Å². The van der Waals surface area contributed by atoms with E-state index in [1.54, 1.807) is 0 Å². The molecule has 0 aromatic heterocycles. The van der Waals surface area contributed by atoms with Gasteiger partial charge in [0.05, 0.1) is 12.5 Å². The number of carbonyl (C=O) groups is 3. The summed E-state index contributed by atoms with van der Waals surface area (Å²) in [7, 11) is 1.43. The lowest BCUT2D eigenvalue weighted by Gasteiger charge is -2.57. The van der Waals surface area contributed by atoms with Crippen LogP contribution in [0.4, 0.5) is 0 Å². The summed E-state index contributed by atoms with van der Waals surface area (Å²) < 4.78 is 16.6. The van der Waals surface area contributed by atoms with Gasteiger partial charge in [-0.25, -0.2) is 0 Å². The Labute approximate surface area is 215 Å². The third-order valence-corrected chi connectivity index (χ3v) is 9.92. The van der Waals surface area contributed by atoms with Crippen molar-refractivity contribution in [3.05, 3.63) is 11.1 Å². The summed E-state index contributed by atoms with van der Waals surface area (Å²) in [5.41, 5.74) is 3.55. The topological polar surface area (TPSA) is 91.3 Å². The van der Waals surface area contributed by atoms with Crippen LogP contribution < -0.4 is 0 Å². The molecular weight excluding hydrogens is 458 g/mol. The van der Waals surface area contributed by atoms with Gasteiger partial charge in [0.15, 0.2) is 0 Å². The van der Waals surface area contributed by atoms with E-state index in [0.717, 1.165) is 63.6 Å². The van der Waals surface area contributed by atoms with Crippen molar-refractivity contribution >= 4 is 23.6 Å². The Kier molecular flexibility index (Phi) is 7.68. The molecule has 7 heteroatoms. The first kappa shape index (κ1) is 26.9. The fourth-order valence-electron chi connectivity index (χ4n) is 8.03. The van der Waals surface area contributed by atoms with Crippen LogP contribution in [0, 0.1) is 28.6 Å². The zero-order valence-electron chi connectivity index (χ0n) is 22.9. The fourth-order valence-corrected chi connectivity index (χ4v) is 8.03. The Balaban J connectivity index is 1.69. The van der Waals surface area contributed by atoms with Gasteiger partial charge in [-0.2, -0.15) is 0 Å². The number of nitrogens with zero attached hydrogens (tertiary/aromatic N) is 1. The molecule has 4 rings (SSSR count). The summed E-state index contributed by atoms with van der Waals surface area (Å²) in [4.78, 5) is 40.9. The lowest BCUT2D eigenvalue weighted by Crippen LogP contribution is -2.57. The second kappa shape index (κ2) is 10.3. The molecule has 0 unspecified atom stereocenters. The number of methoxy groups -OCH3 is 1. The summed E-state index contributed by atoms with van der Waals surface area (Å²) in [6.07, 6.45) is 7.25. The number of fused-ring (bicyclic) bond motifs is 4. The summed E-state index contributed by atoms with van der Waals surface area (Å²) in [6.45, 7) is 10.6. The number of allylic oxidation sites excluding steroid dienone is 1. The fraction of sp³-hybridized carbons (Fsp3) is 0.793. The highest BCUT2D eigenvalue weighted by molar-refractivity contribution is 6.07. The third kappa shape index (κ3) is 4.74. The minimum absolute atomic E-state index is 0.00404. The minimum Gasteiger partial charge on any atom is -0.469 e. The standard InChI is InChI=1S/C29H43NO6/c1-17(7-10-26(33)34-6)23-12-14-30-27-22-9-8-20-15-21(35-18(2)31)11-13-28(20,4)24(22)16-25(29(23,27)5)36-19(3)32/h17,20-21,23,25H,7-16H2,1-6H3/t17-,20-,21-,23-,25+,28+,29+/m1/s1. The monoisotopic (exact) mass is 501 g/mol. The van der Waals surface area contributed by atoms with Gasteiger partial charge in [-0.3, -0.25) is 19.4 Å². The molecule has 0 aromatic carbocycles. The number of hydrogen-bond donors (Lipinski definition) is 0. The molecule has 1 fully saturated rings. The lowest BCUT2D eigenvalue weighted by molar-refractivity contribution is -0.154. The first-order chi connectivity index (χ1) is 17.0. The van der Waals surface area contributed by atoms with Crippen molar-refractivity contribution in [1.82, 2.24) is 0 Å². The number of esters is 3. The van der Waals surface area contributed by atoms with E-state index in [-0.39, 0.29) is 52.8 Å². The first-order valence-electron chi connectivity index (χ1n) is 13.7. The van der Waals surface area contributed by atoms with Gasteiger partial charge in [0.1, 0.15) is 12.2 Å². The Morgan fingerprint density at radius 2 is 1.81 bits per heavy atom. The molecule has 0 saturated heterocycles. The third-order valence-electron chi connectivity index (χ3n) is 9.92. The maximum Gasteiger partial charge on any atom is 0.305 e. The van der Waals surface area contributed by atoms with Gasteiger partial charge in [0.2, 0.25) is 0 Å². The second-order valence-electron chi connectivity index (χ2n) is 11.9. The summed E-state index contributed by atoms with van der Waals surface area (Å²) in [6, 6.07) is 0. The van der Waals surface area contributed by atoms with Gasteiger partial charge < -0.3 is 14.2 Å². The van der Waals surface area contributed by atoms with Crippen molar-refractivity contribution in [2.45, 2.75) is 105 Å². The van der Waals surface area contributed by atoms with E-state index in [9.17, 15) is 14.4 Å². The summed E-state index contributed by atoms with van der Waals surface area (Å²) in [5, 5.41) is 0. The van der Waals surface area contributed by atoms with Crippen LogP contribution in [-0.4, -0.2) is 49.5 Å². The van der Waals surface area contributed by atoms with E-state index >= 15 is 0 Å². The highest BCUT2D eigenvalue weighted by Crippen LogP contribution is 2.61. The minimum atomic E-state index is -0.379. The maximum atomic E-state index is 12.3. The Bertz CT molecular complexity index is 969. The van der Waals surface area contributed by atoms with Crippen LogP contribution in [0.15, 0.2) is 16.1 Å². The van der Waals surface area contributed by atoms with Crippen molar-refractivity contribution in [3.8, 4) is 0 Å². The normalized spacial score (nSPS) is 36.4. The molecule has 0 amide bonds. The van der Waals surface area contributed by atoms with E-state index < -0.39 is 0 Å². The van der Waals surface area contributed by atoms with Gasteiger partial charge in [-0.05, 0) is 73.7 Å². The summed E-state index contributed by atoms with van der Waals surface area (Å²) >= 11 is 0. The van der Waals surface area contributed by atoms with Crippen LogP contribution in [0.1, 0.15) is 92.4 Å². The van der Waals surface area contributed by atoms with Crippen molar-refractivity contribution in [1.29, 1.82) is 0 Å². The van der Waals surface area contributed by atoms with E-state index in [0.29, 0.717) is 12.3 Å². The number of ether oxygens (including phenoxy) is 3. The lowest BCUT2D eigenvalue weighted by atomic mass is 9.49. The summed E-state index contributed by atoms with van der Waals surface area (Å²) in [5.74, 6) is 0.330. The zero-order chi connectivity index (χ0) is 26.3. The number of rotatable bonds is 6. The van der Waals surface area contributed by atoms with Crippen molar-refractivity contribution in [3.63, 3.8) is 0 Å².